The molecule has 2 heterocycles. The summed E-state index contributed by atoms with van der Waals surface area (Å²) >= 11 is 0. The minimum atomic E-state index is -0.122. The van der Waals surface area contributed by atoms with Gasteiger partial charge in [-0.2, -0.15) is 0 Å². The summed E-state index contributed by atoms with van der Waals surface area (Å²) in [6.45, 7) is 2.16. The number of amides is 1. The van der Waals surface area contributed by atoms with Crippen LogP contribution in [-0.4, -0.2) is 43.1 Å². The Kier molecular flexibility index (Phi) is 4.39. The highest BCUT2D eigenvalue weighted by molar-refractivity contribution is 5.92. The Morgan fingerprint density at radius 2 is 2.29 bits per heavy atom. The third-order valence-electron chi connectivity index (χ3n) is 4.35. The van der Waals surface area contributed by atoms with Crippen LogP contribution in [0.2, 0.25) is 0 Å². The molecule has 5 heteroatoms. The van der Waals surface area contributed by atoms with Crippen LogP contribution in [0.15, 0.2) is 18.3 Å². The first-order valence-electron chi connectivity index (χ1n) is 7.96. The molecule has 5 nitrogen and oxygen atoms in total. The Morgan fingerprint density at radius 3 is 2.95 bits per heavy atom. The maximum absolute atomic E-state index is 11.8. The molecule has 1 saturated carbocycles. The summed E-state index contributed by atoms with van der Waals surface area (Å²) in [6.07, 6.45) is 8.10. The second-order valence-electron chi connectivity index (χ2n) is 6.01. The molecule has 3 rings (SSSR count). The minimum Gasteiger partial charge on any atom is -0.367 e. The molecule has 1 aliphatic carbocycles. The summed E-state index contributed by atoms with van der Waals surface area (Å²) in [5.41, 5.74) is 1.62. The van der Waals surface area contributed by atoms with Crippen molar-refractivity contribution in [3.63, 3.8) is 0 Å². The van der Waals surface area contributed by atoms with Gasteiger partial charge >= 0.3 is 0 Å². The van der Waals surface area contributed by atoms with Gasteiger partial charge in [0.2, 0.25) is 0 Å². The van der Waals surface area contributed by atoms with E-state index in [1.54, 1.807) is 13.2 Å². The maximum atomic E-state index is 11.8. The van der Waals surface area contributed by atoms with E-state index in [2.05, 4.69) is 20.5 Å². The van der Waals surface area contributed by atoms with Gasteiger partial charge in [0.15, 0.2) is 0 Å². The zero-order valence-electron chi connectivity index (χ0n) is 12.6. The van der Waals surface area contributed by atoms with Crippen LogP contribution in [0.5, 0.6) is 0 Å². The fraction of sp³-hybridized carbons (Fsp3) is 0.625. The summed E-state index contributed by atoms with van der Waals surface area (Å²) in [7, 11) is 1.64. The Balaban J connectivity index is 1.75. The molecule has 2 fully saturated rings. The van der Waals surface area contributed by atoms with Crippen molar-refractivity contribution in [3.8, 4) is 0 Å². The van der Waals surface area contributed by atoms with Gasteiger partial charge in [0.05, 0.1) is 0 Å². The molecule has 2 N–H and O–H groups in total. The van der Waals surface area contributed by atoms with Gasteiger partial charge in [-0.1, -0.05) is 6.42 Å². The Hall–Kier alpha value is -1.62. The van der Waals surface area contributed by atoms with Crippen LogP contribution in [0.4, 0.5) is 5.69 Å². The average Bonchev–Trinajstić information content (AvgIpc) is 3.38. The van der Waals surface area contributed by atoms with Gasteiger partial charge in [-0.05, 0) is 44.4 Å². The summed E-state index contributed by atoms with van der Waals surface area (Å²) < 4.78 is 0. The van der Waals surface area contributed by atoms with E-state index in [4.69, 9.17) is 0 Å². The van der Waals surface area contributed by atoms with E-state index in [0.717, 1.165) is 18.8 Å². The molecule has 0 aromatic carbocycles. The van der Waals surface area contributed by atoms with E-state index in [1.807, 2.05) is 12.1 Å². The molecule has 114 valence electrons. The SMILES string of the molecule is CNC(=O)c1cc(N(CC2CCCCN2)C2CC2)ccn1. The normalized spacial score (nSPS) is 21.9. The van der Waals surface area contributed by atoms with Crippen molar-refractivity contribution in [1.82, 2.24) is 15.6 Å². The number of piperidine rings is 1. The molecule has 2 aliphatic rings. The summed E-state index contributed by atoms with van der Waals surface area (Å²) in [6, 6.07) is 5.14. The number of anilines is 1. The second-order valence-corrected chi connectivity index (χ2v) is 6.01. The van der Waals surface area contributed by atoms with Crippen molar-refractivity contribution in [2.45, 2.75) is 44.2 Å². The number of rotatable bonds is 5. The molecule has 0 spiro atoms. The highest BCUT2D eigenvalue weighted by Gasteiger charge is 2.31. The fourth-order valence-corrected chi connectivity index (χ4v) is 3.02. The lowest BCUT2D eigenvalue weighted by molar-refractivity contribution is 0.0958. The molecule has 1 amide bonds. The molecular weight excluding hydrogens is 264 g/mol. The molecule has 21 heavy (non-hydrogen) atoms. The van der Waals surface area contributed by atoms with Crippen molar-refractivity contribution in [2.24, 2.45) is 0 Å². The lowest BCUT2D eigenvalue weighted by atomic mass is 10.0. The van der Waals surface area contributed by atoms with Crippen molar-refractivity contribution >= 4 is 11.6 Å². The topological polar surface area (TPSA) is 57.3 Å². The van der Waals surface area contributed by atoms with E-state index in [9.17, 15) is 4.79 Å². The number of nitrogens with zero attached hydrogens (tertiary/aromatic N) is 2. The molecule has 1 unspecified atom stereocenters. The van der Waals surface area contributed by atoms with Crippen LogP contribution in [-0.2, 0) is 0 Å². The number of aromatic nitrogens is 1. The minimum absolute atomic E-state index is 0.122. The summed E-state index contributed by atoms with van der Waals surface area (Å²) in [5.74, 6) is -0.122. The van der Waals surface area contributed by atoms with Gasteiger partial charge in [0.25, 0.3) is 5.91 Å². The standard InChI is InChI=1S/C16H24N4O/c1-17-16(21)15-10-14(7-9-19-15)20(13-5-6-13)11-12-4-2-3-8-18-12/h7,9-10,12-13,18H,2-6,8,11H2,1H3,(H,17,21). The third-order valence-corrected chi connectivity index (χ3v) is 4.35. The lowest BCUT2D eigenvalue weighted by Gasteiger charge is -2.32. The number of pyridine rings is 1. The monoisotopic (exact) mass is 288 g/mol. The van der Waals surface area contributed by atoms with Crippen LogP contribution >= 0.6 is 0 Å². The molecule has 1 saturated heterocycles. The van der Waals surface area contributed by atoms with E-state index >= 15 is 0 Å². The van der Waals surface area contributed by atoms with E-state index in [0.29, 0.717) is 17.8 Å². The van der Waals surface area contributed by atoms with Crippen LogP contribution in [0.3, 0.4) is 0 Å². The summed E-state index contributed by atoms with van der Waals surface area (Å²) in [4.78, 5) is 18.4. The molecule has 0 bridgehead atoms. The molecule has 1 atom stereocenters. The molecule has 1 aliphatic heterocycles. The van der Waals surface area contributed by atoms with Crippen molar-refractivity contribution < 1.29 is 4.79 Å². The fourth-order valence-electron chi connectivity index (χ4n) is 3.02. The number of hydrogen-bond acceptors (Lipinski definition) is 4. The van der Waals surface area contributed by atoms with Gasteiger partial charge < -0.3 is 15.5 Å². The largest absolute Gasteiger partial charge is 0.367 e. The van der Waals surface area contributed by atoms with Gasteiger partial charge in [-0.3, -0.25) is 9.78 Å². The van der Waals surface area contributed by atoms with Gasteiger partial charge in [-0.15, -0.1) is 0 Å². The van der Waals surface area contributed by atoms with Crippen LogP contribution < -0.4 is 15.5 Å². The highest BCUT2D eigenvalue weighted by Crippen LogP contribution is 2.32. The zero-order chi connectivity index (χ0) is 14.7. The van der Waals surface area contributed by atoms with Gasteiger partial charge in [0.1, 0.15) is 5.69 Å². The predicted molar refractivity (Wildman–Crippen MR) is 83.6 cm³/mol. The first kappa shape index (κ1) is 14.3. The molecule has 1 aromatic rings. The van der Waals surface area contributed by atoms with Gasteiger partial charge in [-0.25, -0.2) is 0 Å². The first-order chi connectivity index (χ1) is 10.3. The Bertz CT molecular complexity index is 495. The van der Waals surface area contributed by atoms with E-state index in [-0.39, 0.29) is 5.91 Å². The quantitative estimate of drug-likeness (QED) is 0.863. The zero-order valence-corrected chi connectivity index (χ0v) is 12.6. The van der Waals surface area contributed by atoms with Crippen LogP contribution in [0, 0.1) is 0 Å². The van der Waals surface area contributed by atoms with Crippen LogP contribution in [0.25, 0.3) is 0 Å². The van der Waals surface area contributed by atoms with E-state index in [1.165, 1.54) is 32.1 Å². The van der Waals surface area contributed by atoms with Crippen LogP contribution in [0.1, 0.15) is 42.6 Å². The number of nitrogens with one attached hydrogen (secondary N) is 2. The average molecular weight is 288 g/mol. The van der Waals surface area contributed by atoms with Crippen molar-refractivity contribution in [2.75, 3.05) is 25.0 Å². The highest BCUT2D eigenvalue weighted by atomic mass is 16.1. The lowest BCUT2D eigenvalue weighted by Crippen LogP contribution is -2.44. The number of hydrogen-bond donors (Lipinski definition) is 2. The first-order valence-corrected chi connectivity index (χ1v) is 7.96. The Morgan fingerprint density at radius 1 is 1.43 bits per heavy atom. The maximum Gasteiger partial charge on any atom is 0.269 e. The molecular formula is C16H24N4O. The van der Waals surface area contributed by atoms with E-state index < -0.39 is 0 Å². The smallest absolute Gasteiger partial charge is 0.269 e. The van der Waals surface area contributed by atoms with Gasteiger partial charge in [0, 0.05) is 37.6 Å². The van der Waals surface area contributed by atoms with Crippen molar-refractivity contribution in [1.29, 1.82) is 0 Å². The molecule has 0 radical (unpaired) electrons. The number of carbonyl (C=O) groups excluding carboxylic acids is 1. The molecule has 1 aromatic heterocycles. The number of carbonyl (C=O) groups is 1. The summed E-state index contributed by atoms with van der Waals surface area (Å²) in [5, 5.41) is 6.26. The Labute approximate surface area is 126 Å². The predicted octanol–water partition coefficient (Wildman–Crippen LogP) is 1.55. The second kappa shape index (κ2) is 6.43. The van der Waals surface area contributed by atoms with Crippen molar-refractivity contribution in [3.05, 3.63) is 24.0 Å². The third kappa shape index (κ3) is 3.53.